The fourth-order valence-electron chi connectivity index (χ4n) is 4.99. The molecule has 1 atom stereocenters. The molecular weight excluding hydrogens is 538 g/mol. The predicted octanol–water partition coefficient (Wildman–Crippen LogP) is 4.90. The molecule has 218 valence electrons. The second kappa shape index (κ2) is 14.2. The van der Waals surface area contributed by atoms with Crippen LogP contribution in [-0.2, 0) is 32.8 Å². The maximum atomic E-state index is 13.8. The van der Waals surface area contributed by atoms with Crippen molar-refractivity contribution >= 4 is 27.5 Å². The molecule has 0 aromatic heterocycles. The highest BCUT2D eigenvalue weighted by molar-refractivity contribution is 7.92. The quantitative estimate of drug-likeness (QED) is 0.331. The van der Waals surface area contributed by atoms with Crippen molar-refractivity contribution in [3.05, 3.63) is 96.1 Å². The van der Waals surface area contributed by atoms with E-state index in [0.29, 0.717) is 18.0 Å². The van der Waals surface area contributed by atoms with Crippen LogP contribution in [0.4, 0.5) is 5.69 Å². The minimum absolute atomic E-state index is 0.0996. The number of hydrogen-bond donors (Lipinski definition) is 1. The van der Waals surface area contributed by atoms with Crippen LogP contribution >= 0.6 is 0 Å². The first-order valence-electron chi connectivity index (χ1n) is 14.1. The number of hydrogen-bond acceptors (Lipinski definition) is 5. The van der Waals surface area contributed by atoms with Crippen LogP contribution in [0.25, 0.3) is 0 Å². The van der Waals surface area contributed by atoms with Crippen molar-refractivity contribution in [2.45, 2.75) is 64.3 Å². The monoisotopic (exact) mass is 577 g/mol. The summed E-state index contributed by atoms with van der Waals surface area (Å²) in [7, 11) is -3.81. The minimum Gasteiger partial charge on any atom is -0.489 e. The summed E-state index contributed by atoms with van der Waals surface area (Å²) in [6.07, 6.45) is 6.25. The van der Waals surface area contributed by atoms with Gasteiger partial charge in [-0.2, -0.15) is 0 Å². The Kier molecular flexibility index (Phi) is 10.4. The SMILES string of the molecule is C[C@H](C(=O)NC1CCCCC1)N(Cc1ccccc1)C(=O)CN(c1ccc(OCc2ccccc2)cc1)S(C)(=O)=O. The predicted molar refractivity (Wildman–Crippen MR) is 161 cm³/mol. The van der Waals surface area contributed by atoms with Gasteiger partial charge in [0.1, 0.15) is 24.9 Å². The highest BCUT2D eigenvalue weighted by Crippen LogP contribution is 2.24. The molecule has 1 aliphatic carbocycles. The van der Waals surface area contributed by atoms with Gasteiger partial charge in [-0.3, -0.25) is 13.9 Å². The largest absolute Gasteiger partial charge is 0.489 e. The normalized spacial score (nSPS) is 14.6. The Morgan fingerprint density at radius 2 is 1.46 bits per heavy atom. The van der Waals surface area contributed by atoms with Gasteiger partial charge >= 0.3 is 0 Å². The van der Waals surface area contributed by atoms with Gasteiger partial charge in [0.05, 0.1) is 11.9 Å². The van der Waals surface area contributed by atoms with Crippen LogP contribution in [0, 0.1) is 0 Å². The summed E-state index contributed by atoms with van der Waals surface area (Å²) >= 11 is 0. The zero-order chi connectivity index (χ0) is 29.2. The third kappa shape index (κ3) is 8.82. The van der Waals surface area contributed by atoms with Crippen LogP contribution < -0.4 is 14.4 Å². The molecule has 8 nitrogen and oxygen atoms in total. The van der Waals surface area contributed by atoms with E-state index in [0.717, 1.165) is 47.4 Å². The summed E-state index contributed by atoms with van der Waals surface area (Å²) in [5.41, 5.74) is 2.20. The third-order valence-corrected chi connectivity index (χ3v) is 8.51. The highest BCUT2D eigenvalue weighted by Gasteiger charge is 2.31. The van der Waals surface area contributed by atoms with E-state index in [1.54, 1.807) is 31.2 Å². The Labute approximate surface area is 243 Å². The lowest BCUT2D eigenvalue weighted by atomic mass is 9.95. The zero-order valence-electron chi connectivity index (χ0n) is 23.7. The fourth-order valence-corrected chi connectivity index (χ4v) is 5.84. The van der Waals surface area contributed by atoms with E-state index in [1.807, 2.05) is 60.7 Å². The molecule has 3 aromatic carbocycles. The number of carbonyl (C=O) groups excluding carboxylic acids is 2. The van der Waals surface area contributed by atoms with Gasteiger partial charge < -0.3 is 15.0 Å². The van der Waals surface area contributed by atoms with Crippen LogP contribution in [-0.4, -0.2) is 50.0 Å². The number of benzene rings is 3. The van der Waals surface area contributed by atoms with E-state index in [1.165, 1.54) is 11.3 Å². The molecular formula is C32H39N3O5S. The van der Waals surface area contributed by atoms with Gasteiger partial charge in [-0.1, -0.05) is 79.9 Å². The van der Waals surface area contributed by atoms with Crippen molar-refractivity contribution in [2.75, 3.05) is 17.1 Å². The maximum absolute atomic E-state index is 13.8. The van der Waals surface area contributed by atoms with Crippen molar-refractivity contribution < 1.29 is 22.7 Å². The Morgan fingerprint density at radius 1 is 0.878 bits per heavy atom. The van der Waals surface area contributed by atoms with Crippen molar-refractivity contribution in [2.24, 2.45) is 0 Å². The number of amides is 2. The highest BCUT2D eigenvalue weighted by atomic mass is 32.2. The molecule has 0 unspecified atom stereocenters. The van der Waals surface area contributed by atoms with Crippen LogP contribution in [0.2, 0.25) is 0 Å². The number of ether oxygens (including phenoxy) is 1. The molecule has 1 saturated carbocycles. The number of nitrogens with one attached hydrogen (secondary N) is 1. The van der Waals surface area contributed by atoms with Crippen molar-refractivity contribution in [3.8, 4) is 5.75 Å². The van der Waals surface area contributed by atoms with Crippen LogP contribution in [0.3, 0.4) is 0 Å². The third-order valence-electron chi connectivity index (χ3n) is 7.37. The van der Waals surface area contributed by atoms with Crippen molar-refractivity contribution in [1.82, 2.24) is 10.2 Å². The lowest BCUT2D eigenvalue weighted by molar-refractivity contribution is -0.139. The van der Waals surface area contributed by atoms with Gasteiger partial charge in [0, 0.05) is 12.6 Å². The second-order valence-corrected chi connectivity index (χ2v) is 12.5. The molecule has 9 heteroatoms. The van der Waals surface area contributed by atoms with Crippen LogP contribution in [0.15, 0.2) is 84.9 Å². The topological polar surface area (TPSA) is 96.0 Å². The summed E-state index contributed by atoms with van der Waals surface area (Å²) in [5.74, 6) is -0.113. The van der Waals surface area contributed by atoms with E-state index in [4.69, 9.17) is 4.74 Å². The number of nitrogens with zero attached hydrogens (tertiary/aromatic N) is 2. The summed E-state index contributed by atoms with van der Waals surface area (Å²) < 4.78 is 32.6. The van der Waals surface area contributed by atoms with Gasteiger partial charge in [0.25, 0.3) is 0 Å². The Hall–Kier alpha value is -3.85. The molecule has 0 spiro atoms. The van der Waals surface area contributed by atoms with E-state index in [9.17, 15) is 18.0 Å². The molecule has 41 heavy (non-hydrogen) atoms. The van der Waals surface area contributed by atoms with Crippen molar-refractivity contribution in [1.29, 1.82) is 0 Å². The van der Waals surface area contributed by atoms with Crippen molar-refractivity contribution in [3.63, 3.8) is 0 Å². The van der Waals surface area contributed by atoms with Crippen LogP contribution in [0.1, 0.15) is 50.2 Å². The first-order chi connectivity index (χ1) is 19.7. The molecule has 3 aromatic rings. The molecule has 0 saturated heterocycles. The summed E-state index contributed by atoms with van der Waals surface area (Å²) in [6, 6.07) is 25.0. The smallest absolute Gasteiger partial charge is 0.244 e. The van der Waals surface area contributed by atoms with E-state index in [2.05, 4.69) is 5.32 Å². The standard InChI is InChI=1S/C32H39N3O5S/c1-25(32(37)33-28-16-10-5-11-17-28)34(22-26-12-6-3-7-13-26)31(36)23-35(41(2,38)39)29-18-20-30(21-19-29)40-24-27-14-8-4-9-15-27/h3-4,6-9,12-15,18-21,25,28H,5,10-11,16-17,22-24H2,1-2H3,(H,33,37)/t25-/m1/s1. The second-order valence-electron chi connectivity index (χ2n) is 10.6. The van der Waals surface area contributed by atoms with Gasteiger partial charge in [0.15, 0.2) is 0 Å². The Morgan fingerprint density at radius 3 is 2.05 bits per heavy atom. The van der Waals surface area contributed by atoms with Crippen LogP contribution in [0.5, 0.6) is 5.75 Å². The molecule has 0 radical (unpaired) electrons. The Balaban J connectivity index is 1.50. The minimum atomic E-state index is -3.81. The van der Waals surface area contributed by atoms with E-state index in [-0.39, 0.29) is 18.5 Å². The van der Waals surface area contributed by atoms with Gasteiger partial charge in [-0.25, -0.2) is 8.42 Å². The van der Waals surface area contributed by atoms with Gasteiger partial charge in [-0.05, 0) is 55.2 Å². The molecule has 1 N–H and O–H groups in total. The number of carbonyl (C=O) groups is 2. The average Bonchev–Trinajstić information content (AvgIpc) is 2.98. The molecule has 0 aliphatic heterocycles. The van der Waals surface area contributed by atoms with Gasteiger partial charge in [0.2, 0.25) is 21.8 Å². The van der Waals surface area contributed by atoms with E-state index < -0.39 is 28.5 Å². The molecule has 2 amide bonds. The molecule has 4 rings (SSSR count). The maximum Gasteiger partial charge on any atom is 0.244 e. The first kappa shape index (κ1) is 30.1. The number of anilines is 1. The molecule has 0 heterocycles. The first-order valence-corrected chi connectivity index (χ1v) is 15.9. The van der Waals surface area contributed by atoms with Gasteiger partial charge in [-0.15, -0.1) is 0 Å². The average molecular weight is 578 g/mol. The summed E-state index contributed by atoms with van der Waals surface area (Å²) in [4.78, 5) is 28.5. The summed E-state index contributed by atoms with van der Waals surface area (Å²) in [5, 5.41) is 3.11. The number of sulfonamides is 1. The lowest BCUT2D eigenvalue weighted by Gasteiger charge is -2.33. The number of rotatable bonds is 12. The fraction of sp³-hybridized carbons (Fsp3) is 0.375. The molecule has 1 fully saturated rings. The zero-order valence-corrected chi connectivity index (χ0v) is 24.6. The summed E-state index contributed by atoms with van der Waals surface area (Å²) in [6.45, 7) is 1.83. The Bertz CT molecular complexity index is 1380. The molecule has 0 bridgehead atoms. The lowest BCUT2D eigenvalue weighted by Crippen LogP contribution is -2.52. The van der Waals surface area contributed by atoms with E-state index >= 15 is 0 Å². The molecule has 1 aliphatic rings.